The Morgan fingerprint density at radius 3 is 2.59 bits per heavy atom. The van der Waals surface area contributed by atoms with Gasteiger partial charge < -0.3 is 4.74 Å². The minimum atomic E-state index is -3.78. The molecule has 166 valence electrons. The molecule has 1 saturated heterocycles. The third-order valence-electron chi connectivity index (χ3n) is 5.74. The van der Waals surface area contributed by atoms with Crippen LogP contribution in [0.1, 0.15) is 5.56 Å². The van der Waals surface area contributed by atoms with Gasteiger partial charge in [-0.2, -0.15) is 5.10 Å². The predicted molar refractivity (Wildman–Crippen MR) is 122 cm³/mol. The first-order chi connectivity index (χ1) is 15.5. The number of aromatic nitrogens is 4. The molecule has 0 saturated carbocycles. The van der Waals surface area contributed by atoms with E-state index in [-0.39, 0.29) is 4.90 Å². The molecule has 1 aliphatic rings. The first kappa shape index (κ1) is 20.9. The molecule has 5 rings (SSSR count). The van der Waals surface area contributed by atoms with Crippen LogP contribution in [0.25, 0.3) is 22.2 Å². The fourth-order valence-corrected chi connectivity index (χ4v) is 5.34. The molecule has 1 fully saturated rings. The fourth-order valence-electron chi connectivity index (χ4n) is 4.00. The van der Waals surface area contributed by atoms with Crippen molar-refractivity contribution in [3.63, 3.8) is 0 Å². The van der Waals surface area contributed by atoms with Crippen molar-refractivity contribution in [2.24, 2.45) is 0 Å². The lowest BCUT2D eigenvalue weighted by molar-refractivity contribution is 0.0360. The van der Waals surface area contributed by atoms with Crippen LogP contribution in [0.4, 0.5) is 0 Å². The topological polar surface area (TPSA) is 82.2 Å². The Balaban J connectivity index is 1.51. The molecule has 0 atom stereocenters. The quantitative estimate of drug-likeness (QED) is 0.448. The molecular formula is C23H25N5O3S. The van der Waals surface area contributed by atoms with Gasteiger partial charge in [-0.3, -0.25) is 9.58 Å². The van der Waals surface area contributed by atoms with Gasteiger partial charge in [-0.15, -0.1) is 0 Å². The molecule has 4 heterocycles. The molecule has 0 spiro atoms. The van der Waals surface area contributed by atoms with Crippen molar-refractivity contribution in [2.75, 3.05) is 32.8 Å². The highest BCUT2D eigenvalue weighted by Crippen LogP contribution is 2.32. The first-order valence-electron chi connectivity index (χ1n) is 10.6. The second-order valence-electron chi connectivity index (χ2n) is 7.99. The maximum absolute atomic E-state index is 13.3. The van der Waals surface area contributed by atoms with E-state index < -0.39 is 10.0 Å². The first-order valence-corrected chi connectivity index (χ1v) is 12.1. The van der Waals surface area contributed by atoms with Crippen LogP contribution in [0.5, 0.6) is 0 Å². The molecule has 1 aromatic carbocycles. The summed E-state index contributed by atoms with van der Waals surface area (Å²) in [5.41, 5.74) is 3.04. The summed E-state index contributed by atoms with van der Waals surface area (Å²) in [7, 11) is -3.78. The molecule has 0 N–H and O–H groups in total. The van der Waals surface area contributed by atoms with E-state index in [0.717, 1.165) is 61.5 Å². The molecule has 1 aliphatic heterocycles. The summed E-state index contributed by atoms with van der Waals surface area (Å²) in [6.45, 7) is 7.02. The van der Waals surface area contributed by atoms with Gasteiger partial charge in [0.05, 0.1) is 30.9 Å². The van der Waals surface area contributed by atoms with Crippen LogP contribution in [-0.2, 0) is 21.3 Å². The number of pyridine rings is 1. The maximum atomic E-state index is 13.3. The van der Waals surface area contributed by atoms with Crippen LogP contribution in [0, 0.1) is 6.92 Å². The molecule has 0 aliphatic carbocycles. The van der Waals surface area contributed by atoms with Gasteiger partial charge in [-0.25, -0.2) is 17.4 Å². The Morgan fingerprint density at radius 2 is 1.81 bits per heavy atom. The standard InChI is InChI=1S/C23H25N5O3S/c1-18-13-21-22(19-15-25-27(16-19)8-7-26-9-11-31-12-10-26)17-28(23(21)24-14-18)32(29,30)20-5-3-2-4-6-20/h2-6,13-17H,7-12H2,1H3. The van der Waals surface area contributed by atoms with Gasteiger partial charge in [-0.1, -0.05) is 18.2 Å². The normalized spacial score (nSPS) is 15.4. The highest BCUT2D eigenvalue weighted by atomic mass is 32.2. The van der Waals surface area contributed by atoms with Crippen LogP contribution < -0.4 is 0 Å². The van der Waals surface area contributed by atoms with Gasteiger partial charge >= 0.3 is 0 Å². The van der Waals surface area contributed by atoms with E-state index in [9.17, 15) is 8.42 Å². The van der Waals surface area contributed by atoms with Crippen molar-refractivity contribution < 1.29 is 13.2 Å². The monoisotopic (exact) mass is 451 g/mol. The van der Waals surface area contributed by atoms with Crippen molar-refractivity contribution in [2.45, 2.75) is 18.4 Å². The number of fused-ring (bicyclic) bond motifs is 1. The molecular weight excluding hydrogens is 426 g/mol. The summed E-state index contributed by atoms with van der Waals surface area (Å²) in [6.07, 6.45) is 7.10. The van der Waals surface area contributed by atoms with Gasteiger partial charge in [0.2, 0.25) is 0 Å². The number of hydrogen-bond donors (Lipinski definition) is 0. The Bertz CT molecular complexity index is 1340. The third-order valence-corrected chi connectivity index (χ3v) is 7.41. The predicted octanol–water partition coefficient (Wildman–Crippen LogP) is 2.78. The summed E-state index contributed by atoms with van der Waals surface area (Å²) in [4.78, 5) is 7.05. The molecule has 0 radical (unpaired) electrons. The minimum Gasteiger partial charge on any atom is -0.379 e. The van der Waals surface area contributed by atoms with E-state index in [4.69, 9.17) is 4.74 Å². The zero-order chi connectivity index (χ0) is 22.1. The summed E-state index contributed by atoms with van der Waals surface area (Å²) < 4.78 is 35.3. The van der Waals surface area contributed by atoms with Gasteiger partial charge in [0.25, 0.3) is 10.0 Å². The van der Waals surface area contributed by atoms with Crippen LogP contribution in [0.2, 0.25) is 0 Å². The largest absolute Gasteiger partial charge is 0.379 e. The fraction of sp³-hybridized carbons (Fsp3) is 0.304. The minimum absolute atomic E-state index is 0.229. The van der Waals surface area contributed by atoms with E-state index in [0.29, 0.717) is 5.65 Å². The molecule has 9 heteroatoms. The lowest BCUT2D eigenvalue weighted by atomic mass is 10.1. The molecule has 4 aromatic rings. The molecule has 0 amide bonds. The van der Waals surface area contributed by atoms with Crippen molar-refractivity contribution in [1.29, 1.82) is 0 Å². The van der Waals surface area contributed by atoms with Crippen molar-refractivity contribution in [1.82, 2.24) is 23.6 Å². The number of ether oxygens (including phenoxy) is 1. The summed E-state index contributed by atoms with van der Waals surface area (Å²) in [5.74, 6) is 0. The number of morpholine rings is 1. The highest BCUT2D eigenvalue weighted by Gasteiger charge is 2.23. The van der Waals surface area contributed by atoms with Crippen LogP contribution in [-0.4, -0.2) is 64.9 Å². The Hall–Kier alpha value is -3.01. The second kappa shape index (κ2) is 8.50. The van der Waals surface area contributed by atoms with Crippen molar-refractivity contribution in [3.8, 4) is 11.1 Å². The number of hydrogen-bond acceptors (Lipinski definition) is 6. The zero-order valence-electron chi connectivity index (χ0n) is 17.9. The molecule has 3 aromatic heterocycles. The third kappa shape index (κ3) is 3.94. The Kier molecular flexibility index (Phi) is 5.54. The molecule has 0 unspecified atom stereocenters. The van der Waals surface area contributed by atoms with Crippen LogP contribution >= 0.6 is 0 Å². The number of nitrogens with zero attached hydrogens (tertiary/aromatic N) is 5. The lowest BCUT2D eigenvalue weighted by Gasteiger charge is -2.26. The average Bonchev–Trinajstić information content (AvgIpc) is 3.43. The van der Waals surface area contributed by atoms with E-state index in [2.05, 4.69) is 15.0 Å². The van der Waals surface area contributed by atoms with Gasteiger partial charge in [0, 0.05) is 54.7 Å². The van der Waals surface area contributed by atoms with E-state index in [1.54, 1.807) is 48.9 Å². The highest BCUT2D eigenvalue weighted by molar-refractivity contribution is 7.90. The van der Waals surface area contributed by atoms with Crippen LogP contribution in [0.3, 0.4) is 0 Å². The summed E-state index contributed by atoms with van der Waals surface area (Å²) >= 11 is 0. The van der Waals surface area contributed by atoms with Gasteiger partial charge in [0.1, 0.15) is 0 Å². The Labute approximate surface area is 187 Å². The van der Waals surface area contributed by atoms with Crippen LogP contribution in [0.15, 0.2) is 66.1 Å². The van der Waals surface area contributed by atoms with Gasteiger partial charge in [0.15, 0.2) is 5.65 Å². The van der Waals surface area contributed by atoms with Crippen molar-refractivity contribution >= 4 is 21.1 Å². The van der Waals surface area contributed by atoms with E-state index in [1.807, 2.05) is 23.9 Å². The molecule has 8 nitrogen and oxygen atoms in total. The number of rotatable bonds is 6. The smallest absolute Gasteiger partial charge is 0.269 e. The molecule has 32 heavy (non-hydrogen) atoms. The lowest BCUT2D eigenvalue weighted by Crippen LogP contribution is -2.38. The average molecular weight is 452 g/mol. The number of aryl methyl sites for hydroxylation is 1. The van der Waals surface area contributed by atoms with Gasteiger partial charge in [-0.05, 0) is 30.7 Å². The Morgan fingerprint density at radius 1 is 1.03 bits per heavy atom. The molecule has 0 bridgehead atoms. The zero-order valence-corrected chi connectivity index (χ0v) is 18.7. The van der Waals surface area contributed by atoms with Crippen molar-refractivity contribution in [3.05, 3.63) is 66.7 Å². The number of benzene rings is 1. The maximum Gasteiger partial charge on any atom is 0.269 e. The summed E-state index contributed by atoms with van der Waals surface area (Å²) in [5, 5.41) is 5.30. The van der Waals surface area contributed by atoms with E-state index >= 15 is 0 Å². The second-order valence-corrected chi connectivity index (χ2v) is 9.80. The van der Waals surface area contributed by atoms with E-state index in [1.165, 1.54) is 3.97 Å². The summed E-state index contributed by atoms with van der Waals surface area (Å²) in [6, 6.07) is 10.4. The SMILES string of the molecule is Cc1cnc2c(c1)c(-c1cnn(CCN3CCOCC3)c1)cn2S(=O)(=O)c1ccccc1.